The van der Waals surface area contributed by atoms with Crippen LogP contribution in [0.15, 0.2) is 168 Å². The van der Waals surface area contributed by atoms with E-state index in [1.807, 2.05) is 30.3 Å². The fourth-order valence-electron chi connectivity index (χ4n) is 8.05. The van der Waals surface area contributed by atoms with Crippen LogP contribution in [0.5, 0.6) is 0 Å². The first kappa shape index (κ1) is 28.3. The van der Waals surface area contributed by atoms with Crippen LogP contribution < -0.4 is 0 Å². The summed E-state index contributed by atoms with van der Waals surface area (Å²) in [6.07, 6.45) is 0. The Labute approximate surface area is 292 Å². The van der Waals surface area contributed by atoms with Gasteiger partial charge in [-0.1, -0.05) is 91.0 Å². The van der Waals surface area contributed by atoms with Crippen molar-refractivity contribution in [1.29, 1.82) is 0 Å². The highest BCUT2D eigenvalue weighted by molar-refractivity contribution is 7.92. The largest absolute Gasteiger partial charge is 0.309 e. The fourth-order valence-corrected chi connectivity index (χ4v) is 9.73. The SMILES string of the molecule is O=S1(=O)c2ccccc2-c2nc(-n3c4ccccc4c4cc(-c5ccc6c(c5)c5ccccc5n6-c5ccccc5)ccc43)nc3cccc1c23. The van der Waals surface area contributed by atoms with Gasteiger partial charge in [0.1, 0.15) is 0 Å². The van der Waals surface area contributed by atoms with Crippen LogP contribution >= 0.6 is 0 Å². The molecule has 0 saturated carbocycles. The molecular formula is C44H26N4O2S. The molecule has 6 nitrogen and oxygen atoms in total. The molecule has 7 aromatic carbocycles. The molecular weight excluding hydrogens is 649 g/mol. The fraction of sp³-hybridized carbons (Fsp3) is 0. The van der Waals surface area contributed by atoms with Gasteiger partial charge >= 0.3 is 0 Å². The average molecular weight is 675 g/mol. The number of para-hydroxylation sites is 3. The van der Waals surface area contributed by atoms with E-state index < -0.39 is 9.84 Å². The molecule has 240 valence electrons. The number of hydrogen-bond donors (Lipinski definition) is 0. The lowest BCUT2D eigenvalue weighted by Crippen LogP contribution is -2.13. The molecule has 1 aliphatic rings. The molecule has 0 fully saturated rings. The molecule has 0 spiro atoms. The number of hydrogen-bond acceptors (Lipinski definition) is 4. The Bertz CT molecular complexity index is 3220. The Hall–Kier alpha value is -6.57. The summed E-state index contributed by atoms with van der Waals surface area (Å²) in [4.78, 5) is 10.7. The number of nitrogens with zero attached hydrogens (tertiary/aromatic N) is 4. The van der Waals surface area contributed by atoms with Gasteiger partial charge in [0.05, 0.1) is 43.1 Å². The lowest BCUT2D eigenvalue weighted by molar-refractivity contribution is 0.596. The van der Waals surface area contributed by atoms with Crippen LogP contribution in [-0.4, -0.2) is 27.5 Å². The number of benzene rings is 7. The molecule has 0 saturated heterocycles. The molecule has 0 bridgehead atoms. The Morgan fingerprint density at radius 2 is 1.02 bits per heavy atom. The minimum atomic E-state index is -3.70. The summed E-state index contributed by atoms with van der Waals surface area (Å²) in [7, 11) is -3.70. The third-order valence-electron chi connectivity index (χ3n) is 10.3. The Morgan fingerprint density at radius 1 is 0.451 bits per heavy atom. The molecule has 1 aliphatic heterocycles. The number of aromatic nitrogens is 4. The second kappa shape index (κ2) is 10.2. The maximum absolute atomic E-state index is 13.6. The summed E-state index contributed by atoms with van der Waals surface area (Å²) < 4.78 is 31.7. The molecule has 0 amide bonds. The smallest absolute Gasteiger partial charge is 0.235 e. The third-order valence-corrected chi connectivity index (χ3v) is 12.1. The van der Waals surface area contributed by atoms with E-state index in [-0.39, 0.29) is 9.79 Å². The molecule has 4 heterocycles. The second-order valence-electron chi connectivity index (χ2n) is 13.0. The first-order valence-corrected chi connectivity index (χ1v) is 18.3. The maximum atomic E-state index is 13.6. The van der Waals surface area contributed by atoms with E-state index in [0.717, 1.165) is 38.6 Å². The van der Waals surface area contributed by atoms with E-state index in [1.54, 1.807) is 24.3 Å². The normalized spacial score (nSPS) is 13.4. The highest BCUT2D eigenvalue weighted by Crippen LogP contribution is 2.44. The van der Waals surface area contributed by atoms with Gasteiger partial charge in [0, 0.05) is 38.2 Å². The Balaban J connectivity index is 1.13. The van der Waals surface area contributed by atoms with E-state index in [2.05, 4.69) is 112 Å². The van der Waals surface area contributed by atoms with E-state index in [9.17, 15) is 8.42 Å². The van der Waals surface area contributed by atoms with Crippen molar-refractivity contribution in [3.8, 4) is 34.0 Å². The summed E-state index contributed by atoms with van der Waals surface area (Å²) in [5, 5.41) is 5.15. The molecule has 51 heavy (non-hydrogen) atoms. The van der Waals surface area contributed by atoms with Crippen LogP contribution in [0, 0.1) is 0 Å². The van der Waals surface area contributed by atoms with Gasteiger partial charge in [-0.2, -0.15) is 0 Å². The van der Waals surface area contributed by atoms with E-state index in [1.165, 1.54) is 21.8 Å². The number of fused-ring (bicyclic) bond motifs is 8. The molecule has 11 rings (SSSR count). The highest BCUT2D eigenvalue weighted by atomic mass is 32.2. The topological polar surface area (TPSA) is 69.8 Å². The van der Waals surface area contributed by atoms with Crippen molar-refractivity contribution in [2.24, 2.45) is 0 Å². The zero-order valence-electron chi connectivity index (χ0n) is 27.0. The number of rotatable bonds is 3. The van der Waals surface area contributed by atoms with Crippen molar-refractivity contribution >= 4 is 64.4 Å². The van der Waals surface area contributed by atoms with Crippen LogP contribution in [0.1, 0.15) is 0 Å². The van der Waals surface area contributed by atoms with Gasteiger partial charge in [-0.15, -0.1) is 0 Å². The van der Waals surface area contributed by atoms with E-state index >= 15 is 0 Å². The quantitative estimate of drug-likeness (QED) is 0.187. The first-order chi connectivity index (χ1) is 25.1. The molecule has 0 unspecified atom stereocenters. The average Bonchev–Trinajstić information content (AvgIpc) is 3.69. The zero-order chi connectivity index (χ0) is 33.8. The van der Waals surface area contributed by atoms with Crippen molar-refractivity contribution in [3.63, 3.8) is 0 Å². The van der Waals surface area contributed by atoms with Crippen LogP contribution in [-0.2, 0) is 9.84 Å². The number of sulfone groups is 1. The zero-order valence-corrected chi connectivity index (χ0v) is 27.8. The first-order valence-electron chi connectivity index (χ1n) is 16.8. The van der Waals surface area contributed by atoms with Gasteiger partial charge in [0.15, 0.2) is 0 Å². The minimum Gasteiger partial charge on any atom is -0.309 e. The van der Waals surface area contributed by atoms with Crippen molar-refractivity contribution in [2.45, 2.75) is 9.79 Å². The molecule has 7 heteroatoms. The van der Waals surface area contributed by atoms with Gasteiger partial charge in [0.2, 0.25) is 15.8 Å². The van der Waals surface area contributed by atoms with Gasteiger partial charge in [-0.05, 0) is 77.9 Å². The monoisotopic (exact) mass is 674 g/mol. The summed E-state index contributed by atoms with van der Waals surface area (Å²) in [5.41, 5.74) is 9.49. The Morgan fingerprint density at radius 3 is 1.75 bits per heavy atom. The van der Waals surface area contributed by atoms with Crippen LogP contribution in [0.25, 0.3) is 88.5 Å². The predicted molar refractivity (Wildman–Crippen MR) is 205 cm³/mol. The summed E-state index contributed by atoms with van der Waals surface area (Å²) in [5.74, 6) is 0.498. The molecule has 0 atom stereocenters. The highest BCUT2D eigenvalue weighted by Gasteiger charge is 2.32. The van der Waals surface area contributed by atoms with Crippen LogP contribution in [0.2, 0.25) is 0 Å². The van der Waals surface area contributed by atoms with Gasteiger partial charge in [0.25, 0.3) is 0 Å². The van der Waals surface area contributed by atoms with Crippen molar-refractivity contribution in [1.82, 2.24) is 19.1 Å². The van der Waals surface area contributed by atoms with Crippen molar-refractivity contribution in [2.75, 3.05) is 0 Å². The lowest BCUT2D eigenvalue weighted by atomic mass is 10.0. The summed E-state index contributed by atoms with van der Waals surface area (Å²) >= 11 is 0. The predicted octanol–water partition coefficient (Wildman–Crippen LogP) is 10.3. The maximum Gasteiger partial charge on any atom is 0.235 e. The van der Waals surface area contributed by atoms with Crippen LogP contribution in [0.4, 0.5) is 0 Å². The van der Waals surface area contributed by atoms with Crippen LogP contribution in [0.3, 0.4) is 0 Å². The van der Waals surface area contributed by atoms with E-state index in [4.69, 9.17) is 9.97 Å². The van der Waals surface area contributed by atoms with Gasteiger partial charge < -0.3 is 4.57 Å². The summed E-state index contributed by atoms with van der Waals surface area (Å²) in [6, 6.07) is 53.1. The minimum absolute atomic E-state index is 0.246. The van der Waals surface area contributed by atoms with Gasteiger partial charge in [-0.3, -0.25) is 4.57 Å². The summed E-state index contributed by atoms with van der Waals surface area (Å²) in [6.45, 7) is 0. The molecule has 0 aliphatic carbocycles. The third kappa shape index (κ3) is 3.89. The van der Waals surface area contributed by atoms with Crippen molar-refractivity contribution in [3.05, 3.63) is 158 Å². The second-order valence-corrected chi connectivity index (χ2v) is 14.9. The molecule has 0 N–H and O–H groups in total. The van der Waals surface area contributed by atoms with Crippen molar-refractivity contribution < 1.29 is 8.42 Å². The standard InChI is InChI=1S/C44H26N4O2S/c49-51(50)40-19-9-6-15-32(40)43-42-35(16-10-20-41(42)51)45-44(46-43)48-37-18-8-5-14-31(37)34-26-28(22-24-39(34)48)27-21-23-38-33(25-27)30-13-4-7-17-36(30)47(38)29-11-2-1-3-12-29/h1-26H. The molecule has 0 radical (unpaired) electrons. The van der Waals surface area contributed by atoms with Gasteiger partial charge in [-0.25, -0.2) is 18.4 Å². The Kier molecular flexibility index (Phi) is 5.67. The van der Waals surface area contributed by atoms with E-state index in [0.29, 0.717) is 28.1 Å². The molecule has 3 aromatic heterocycles. The molecule has 10 aromatic rings. The lowest BCUT2D eigenvalue weighted by Gasteiger charge is -2.20.